The van der Waals surface area contributed by atoms with Gasteiger partial charge in [0.2, 0.25) is 0 Å². The lowest BCUT2D eigenvalue weighted by atomic mass is 9.45. The summed E-state index contributed by atoms with van der Waals surface area (Å²) < 4.78 is 7.05. The highest BCUT2D eigenvalue weighted by Gasteiger charge is 2.65. The minimum atomic E-state index is -1.81. The molecule has 0 aliphatic heterocycles. The van der Waals surface area contributed by atoms with Gasteiger partial charge in [-0.15, -0.1) is 23.2 Å². The van der Waals surface area contributed by atoms with Crippen molar-refractivity contribution in [3.05, 3.63) is 11.6 Å². The van der Waals surface area contributed by atoms with Crippen molar-refractivity contribution in [2.24, 2.45) is 28.6 Å². The predicted molar refractivity (Wildman–Crippen MR) is 129 cm³/mol. The van der Waals surface area contributed by atoms with Crippen LogP contribution in [0.2, 0.25) is 18.1 Å². The Morgan fingerprint density at radius 1 is 1.07 bits per heavy atom. The van der Waals surface area contributed by atoms with Crippen molar-refractivity contribution in [3.63, 3.8) is 0 Å². The van der Waals surface area contributed by atoms with Crippen molar-refractivity contribution in [1.82, 2.24) is 0 Å². The molecule has 4 aliphatic carbocycles. The molecule has 0 spiro atoms. The number of fused-ring (bicyclic) bond motifs is 5. The molecule has 0 aromatic heterocycles. The van der Waals surface area contributed by atoms with Crippen molar-refractivity contribution < 1.29 is 9.22 Å². The summed E-state index contributed by atoms with van der Waals surface area (Å²) in [4.78, 5) is 11.7. The van der Waals surface area contributed by atoms with Gasteiger partial charge in [-0.25, -0.2) is 0 Å². The highest BCUT2D eigenvalue weighted by molar-refractivity contribution is 6.74. The van der Waals surface area contributed by atoms with Gasteiger partial charge in [-0.05, 0) is 92.3 Å². The number of hydrogen-bond acceptors (Lipinski definition) is 2. The second kappa shape index (κ2) is 7.60. The molecule has 3 saturated carbocycles. The zero-order chi connectivity index (χ0) is 22.1. The molecular formula is C25H40Cl2O2Si. The fraction of sp³-hybridized carbons (Fsp3) is 0.880. The lowest BCUT2D eigenvalue weighted by molar-refractivity contribution is -0.119. The van der Waals surface area contributed by atoms with E-state index in [-0.39, 0.29) is 20.7 Å². The number of ketones is 1. The van der Waals surface area contributed by atoms with Crippen LogP contribution in [-0.2, 0) is 9.22 Å². The van der Waals surface area contributed by atoms with Gasteiger partial charge in [-0.2, -0.15) is 0 Å². The highest BCUT2D eigenvalue weighted by atomic mass is 35.5. The standard InChI is InChI=1S/C25H40Cl2O2Si/c1-23(2,3)30(5,6)29-21-12-11-19-20-9-7-16-15-17(28)8-10-18(16)25(20,22(26)27)14-13-24(19,21)4/h15,18-22H,7-14H2,1-6H3/t18-,19-,20-,21-,24-,25-/m0/s1. The summed E-state index contributed by atoms with van der Waals surface area (Å²) in [6, 6.07) is 0. The minimum absolute atomic E-state index is 0.0655. The third-order valence-corrected chi connectivity index (χ3v) is 15.4. The van der Waals surface area contributed by atoms with E-state index in [1.54, 1.807) is 0 Å². The summed E-state index contributed by atoms with van der Waals surface area (Å²) in [5, 5.41) is 0.233. The Morgan fingerprint density at radius 3 is 2.40 bits per heavy atom. The molecule has 0 unspecified atom stereocenters. The molecule has 170 valence electrons. The summed E-state index contributed by atoms with van der Waals surface area (Å²) in [7, 11) is -1.81. The van der Waals surface area contributed by atoms with E-state index >= 15 is 0 Å². The van der Waals surface area contributed by atoms with Gasteiger partial charge in [-0.1, -0.05) is 33.3 Å². The molecule has 30 heavy (non-hydrogen) atoms. The van der Waals surface area contributed by atoms with Gasteiger partial charge in [0, 0.05) is 11.8 Å². The van der Waals surface area contributed by atoms with Crippen LogP contribution in [0.1, 0.15) is 79.1 Å². The van der Waals surface area contributed by atoms with E-state index in [9.17, 15) is 4.79 Å². The van der Waals surface area contributed by atoms with Crippen LogP contribution in [0.15, 0.2) is 11.6 Å². The average Bonchev–Trinajstić information content (AvgIpc) is 2.95. The number of carbonyl (C=O) groups excluding carboxylic acids is 1. The summed E-state index contributed by atoms with van der Waals surface area (Å²) in [5.74, 6) is 1.85. The number of carbonyl (C=O) groups is 1. The summed E-state index contributed by atoms with van der Waals surface area (Å²) in [5.41, 5.74) is 1.49. The normalized spacial score (nSPS) is 41.9. The van der Waals surface area contributed by atoms with Gasteiger partial charge in [0.05, 0.1) is 6.10 Å². The molecule has 0 amide bonds. The first-order valence-electron chi connectivity index (χ1n) is 12.0. The summed E-state index contributed by atoms with van der Waals surface area (Å²) in [6.45, 7) is 14.3. The second-order valence-corrected chi connectivity index (χ2v) is 18.2. The Morgan fingerprint density at radius 2 is 1.77 bits per heavy atom. The van der Waals surface area contributed by atoms with Gasteiger partial charge >= 0.3 is 0 Å². The molecule has 0 radical (unpaired) electrons. The first-order chi connectivity index (χ1) is 13.8. The topological polar surface area (TPSA) is 26.3 Å². The van der Waals surface area contributed by atoms with Gasteiger partial charge in [0.25, 0.3) is 0 Å². The van der Waals surface area contributed by atoms with E-state index in [0.29, 0.717) is 36.1 Å². The fourth-order valence-corrected chi connectivity index (χ4v) is 9.67. The van der Waals surface area contributed by atoms with Crippen LogP contribution in [0.3, 0.4) is 0 Å². The predicted octanol–water partition coefficient (Wildman–Crippen LogP) is 7.69. The zero-order valence-corrected chi connectivity index (χ0v) is 22.2. The molecule has 5 heteroatoms. The minimum Gasteiger partial charge on any atom is -0.413 e. The molecule has 3 fully saturated rings. The maximum atomic E-state index is 12.1. The SMILES string of the molecule is CC(C)(C)[Si](C)(C)O[C@H]1CC[C@H]2[C@@H]3CCC4=CC(=O)CC[C@@H]4[C@@]3(C(Cl)Cl)CC[C@]12C. The highest BCUT2D eigenvalue weighted by Crippen LogP contribution is 2.69. The number of rotatable bonds is 3. The monoisotopic (exact) mass is 470 g/mol. The maximum absolute atomic E-state index is 12.1. The molecule has 0 bridgehead atoms. The Hall–Kier alpha value is 0.167. The van der Waals surface area contributed by atoms with Crippen molar-refractivity contribution >= 4 is 37.3 Å². The van der Waals surface area contributed by atoms with E-state index < -0.39 is 8.32 Å². The number of hydrogen-bond donors (Lipinski definition) is 0. The van der Waals surface area contributed by atoms with E-state index in [1.807, 2.05) is 6.08 Å². The lowest BCUT2D eigenvalue weighted by Crippen LogP contribution is -2.58. The average molecular weight is 472 g/mol. The fourth-order valence-electron chi connectivity index (χ4n) is 7.37. The van der Waals surface area contributed by atoms with Gasteiger partial charge in [0.1, 0.15) is 4.84 Å². The van der Waals surface area contributed by atoms with Gasteiger partial charge in [0.15, 0.2) is 14.1 Å². The zero-order valence-electron chi connectivity index (χ0n) is 19.7. The van der Waals surface area contributed by atoms with Crippen LogP contribution < -0.4 is 0 Å². The van der Waals surface area contributed by atoms with E-state index in [0.717, 1.165) is 32.1 Å². The Labute approximate surface area is 194 Å². The Bertz CT molecular complexity index is 740. The smallest absolute Gasteiger partial charge is 0.192 e. The third kappa shape index (κ3) is 3.40. The van der Waals surface area contributed by atoms with Crippen molar-refractivity contribution in [2.75, 3.05) is 0 Å². The molecule has 0 heterocycles. The molecule has 6 atom stereocenters. The van der Waals surface area contributed by atoms with Crippen LogP contribution in [0, 0.1) is 28.6 Å². The molecule has 0 aromatic rings. The molecule has 0 aromatic carbocycles. The Kier molecular flexibility index (Phi) is 5.91. The van der Waals surface area contributed by atoms with Crippen molar-refractivity contribution in [2.45, 2.75) is 108 Å². The first-order valence-corrected chi connectivity index (χ1v) is 15.8. The molecule has 0 N–H and O–H groups in total. The quantitative estimate of drug-likeness (QED) is 0.311. The number of allylic oxidation sites excluding steroid dienone is 1. The first kappa shape index (κ1) is 23.3. The van der Waals surface area contributed by atoms with Gasteiger partial charge < -0.3 is 4.43 Å². The summed E-state index contributed by atoms with van der Waals surface area (Å²) in [6.07, 6.45) is 10.7. The van der Waals surface area contributed by atoms with Gasteiger partial charge in [-0.3, -0.25) is 4.79 Å². The van der Waals surface area contributed by atoms with Crippen molar-refractivity contribution in [3.8, 4) is 0 Å². The third-order valence-electron chi connectivity index (χ3n) is 10.1. The number of alkyl halides is 2. The van der Waals surface area contributed by atoms with E-state index in [2.05, 4.69) is 40.8 Å². The largest absolute Gasteiger partial charge is 0.413 e. The Balaban J connectivity index is 1.65. The van der Waals surface area contributed by atoms with Crippen LogP contribution in [0.5, 0.6) is 0 Å². The molecule has 4 aliphatic rings. The van der Waals surface area contributed by atoms with Crippen LogP contribution in [0.4, 0.5) is 0 Å². The number of halogens is 2. The summed E-state index contributed by atoms with van der Waals surface area (Å²) >= 11 is 13.7. The maximum Gasteiger partial charge on any atom is 0.192 e. The molecule has 0 saturated heterocycles. The van der Waals surface area contributed by atoms with Crippen LogP contribution in [-0.4, -0.2) is 25.0 Å². The van der Waals surface area contributed by atoms with E-state index in [4.69, 9.17) is 27.6 Å². The van der Waals surface area contributed by atoms with Crippen LogP contribution in [0.25, 0.3) is 0 Å². The van der Waals surface area contributed by atoms with E-state index in [1.165, 1.54) is 18.4 Å². The molecule has 2 nitrogen and oxygen atoms in total. The molecular weight excluding hydrogens is 431 g/mol. The molecule has 4 rings (SSSR count). The van der Waals surface area contributed by atoms with Crippen molar-refractivity contribution in [1.29, 1.82) is 0 Å². The lowest BCUT2D eigenvalue weighted by Gasteiger charge is -2.62. The second-order valence-electron chi connectivity index (χ2n) is 12.4. The van der Waals surface area contributed by atoms with Crippen LogP contribution >= 0.6 is 23.2 Å².